The number of aliphatic carboxylic acids is 1. The second-order valence-corrected chi connectivity index (χ2v) is 5.54. The Bertz CT molecular complexity index is 891. The van der Waals surface area contributed by atoms with Crippen LogP contribution in [0.3, 0.4) is 0 Å². The SMILES string of the molecule is O=C(O)CC1=Cc2cc3ccccc3cc2C2(C=CC=CO2)O1. The zero-order valence-electron chi connectivity index (χ0n) is 12.2. The standard InChI is InChI=1S/C19H14O4/c20-18(21)12-16-10-15-9-13-5-1-2-6-14(13)11-17(15)19(23-16)7-3-4-8-22-19/h1-11H,12H2,(H,20,21). The van der Waals surface area contributed by atoms with Crippen LogP contribution in [0.1, 0.15) is 17.5 Å². The number of benzene rings is 2. The van der Waals surface area contributed by atoms with Gasteiger partial charge < -0.3 is 14.6 Å². The van der Waals surface area contributed by atoms with Crippen LogP contribution >= 0.6 is 0 Å². The van der Waals surface area contributed by atoms with Crippen LogP contribution in [0, 0.1) is 0 Å². The number of carboxylic acids is 1. The highest BCUT2D eigenvalue weighted by Gasteiger charge is 2.40. The Hall–Kier alpha value is -3.01. The lowest BCUT2D eigenvalue weighted by atomic mass is 9.91. The molecule has 4 nitrogen and oxygen atoms in total. The number of hydrogen-bond acceptors (Lipinski definition) is 3. The van der Waals surface area contributed by atoms with E-state index in [0.29, 0.717) is 5.76 Å². The molecule has 0 saturated heterocycles. The molecule has 2 heterocycles. The normalized spacial score (nSPS) is 21.5. The molecule has 4 heteroatoms. The topological polar surface area (TPSA) is 55.8 Å². The first kappa shape index (κ1) is 13.6. The Labute approximate surface area is 132 Å². The van der Waals surface area contributed by atoms with Gasteiger partial charge in [0.15, 0.2) is 0 Å². The van der Waals surface area contributed by atoms with Crippen LogP contribution in [0.5, 0.6) is 0 Å². The van der Waals surface area contributed by atoms with E-state index in [1.54, 1.807) is 24.5 Å². The molecular weight excluding hydrogens is 292 g/mol. The van der Waals surface area contributed by atoms with E-state index in [0.717, 1.165) is 21.9 Å². The van der Waals surface area contributed by atoms with E-state index < -0.39 is 11.8 Å². The fraction of sp³-hybridized carbons (Fsp3) is 0.105. The maximum absolute atomic E-state index is 11.1. The van der Waals surface area contributed by atoms with Crippen molar-refractivity contribution in [3.05, 3.63) is 77.8 Å². The molecule has 0 bridgehead atoms. The molecule has 23 heavy (non-hydrogen) atoms. The Morgan fingerprint density at radius 1 is 1.13 bits per heavy atom. The molecule has 1 N–H and O–H groups in total. The highest BCUT2D eigenvalue weighted by molar-refractivity contribution is 5.87. The van der Waals surface area contributed by atoms with Crippen LogP contribution in [0.25, 0.3) is 16.8 Å². The lowest BCUT2D eigenvalue weighted by Gasteiger charge is -2.37. The Kier molecular flexibility index (Phi) is 2.98. The van der Waals surface area contributed by atoms with E-state index in [1.807, 2.05) is 42.5 Å². The maximum atomic E-state index is 11.1. The Morgan fingerprint density at radius 3 is 2.61 bits per heavy atom. The van der Waals surface area contributed by atoms with Crippen LogP contribution in [0.2, 0.25) is 0 Å². The number of carboxylic acid groups (broad SMARTS) is 1. The quantitative estimate of drug-likeness (QED) is 0.913. The van der Waals surface area contributed by atoms with Crippen molar-refractivity contribution < 1.29 is 19.4 Å². The van der Waals surface area contributed by atoms with E-state index in [1.165, 1.54) is 0 Å². The summed E-state index contributed by atoms with van der Waals surface area (Å²) < 4.78 is 11.7. The summed E-state index contributed by atoms with van der Waals surface area (Å²) in [4.78, 5) is 11.1. The number of allylic oxidation sites excluding steroid dienone is 2. The molecule has 1 spiro atoms. The molecule has 2 aromatic carbocycles. The van der Waals surface area contributed by atoms with E-state index >= 15 is 0 Å². The third-order valence-corrected chi connectivity index (χ3v) is 3.97. The smallest absolute Gasteiger partial charge is 0.311 e. The largest absolute Gasteiger partial charge is 0.481 e. The summed E-state index contributed by atoms with van der Waals surface area (Å²) in [6, 6.07) is 12.1. The van der Waals surface area contributed by atoms with Gasteiger partial charge >= 0.3 is 5.97 Å². The average Bonchev–Trinajstić information content (AvgIpc) is 2.54. The third-order valence-electron chi connectivity index (χ3n) is 3.97. The molecular formula is C19H14O4. The molecule has 114 valence electrons. The zero-order valence-corrected chi connectivity index (χ0v) is 12.2. The lowest BCUT2D eigenvalue weighted by molar-refractivity contribution is -0.161. The highest BCUT2D eigenvalue weighted by atomic mass is 16.7. The van der Waals surface area contributed by atoms with Crippen LogP contribution in [-0.4, -0.2) is 11.1 Å². The van der Waals surface area contributed by atoms with Gasteiger partial charge in [0.2, 0.25) is 0 Å². The van der Waals surface area contributed by atoms with Gasteiger partial charge in [-0.1, -0.05) is 30.3 Å². The van der Waals surface area contributed by atoms with Crippen LogP contribution < -0.4 is 0 Å². The van der Waals surface area contributed by atoms with Gasteiger partial charge in [0.1, 0.15) is 12.2 Å². The molecule has 1 unspecified atom stereocenters. The van der Waals surface area contributed by atoms with Crippen molar-refractivity contribution in [3.8, 4) is 0 Å². The van der Waals surface area contributed by atoms with Crippen LogP contribution in [0.15, 0.2) is 66.6 Å². The number of fused-ring (bicyclic) bond motifs is 3. The van der Waals surface area contributed by atoms with E-state index in [4.69, 9.17) is 14.6 Å². The molecule has 1 atom stereocenters. The highest BCUT2D eigenvalue weighted by Crippen LogP contribution is 2.42. The van der Waals surface area contributed by atoms with Crippen molar-refractivity contribution >= 4 is 22.8 Å². The first-order valence-corrected chi connectivity index (χ1v) is 7.33. The summed E-state index contributed by atoms with van der Waals surface area (Å²) in [6.07, 6.45) is 8.56. The van der Waals surface area contributed by atoms with Gasteiger partial charge in [-0.3, -0.25) is 4.79 Å². The Balaban J connectivity index is 1.94. The fourth-order valence-electron chi connectivity index (χ4n) is 2.99. The summed E-state index contributed by atoms with van der Waals surface area (Å²) in [5.74, 6) is -1.67. The molecule has 0 aromatic heterocycles. The molecule has 0 saturated carbocycles. The number of hydrogen-bond donors (Lipinski definition) is 1. The molecule has 0 fully saturated rings. The van der Waals surface area contributed by atoms with Gasteiger partial charge in [-0.05, 0) is 40.6 Å². The number of ether oxygens (including phenoxy) is 2. The van der Waals surface area contributed by atoms with Crippen molar-refractivity contribution in [2.24, 2.45) is 0 Å². The average molecular weight is 306 g/mol. The first-order valence-electron chi connectivity index (χ1n) is 7.33. The summed E-state index contributed by atoms with van der Waals surface area (Å²) >= 11 is 0. The maximum Gasteiger partial charge on any atom is 0.311 e. The van der Waals surface area contributed by atoms with Gasteiger partial charge in [0.05, 0.1) is 6.26 Å². The first-order chi connectivity index (χ1) is 11.2. The van der Waals surface area contributed by atoms with Crippen LogP contribution in [-0.2, 0) is 20.1 Å². The molecule has 0 aliphatic carbocycles. The third kappa shape index (κ3) is 2.28. The summed E-state index contributed by atoms with van der Waals surface area (Å²) in [7, 11) is 0. The minimum Gasteiger partial charge on any atom is -0.481 e. The van der Waals surface area contributed by atoms with Gasteiger partial charge in [-0.2, -0.15) is 0 Å². The minimum atomic E-state index is -1.10. The van der Waals surface area contributed by atoms with Crippen molar-refractivity contribution in [2.45, 2.75) is 12.2 Å². The predicted octanol–water partition coefficient (Wildman–Crippen LogP) is 3.94. The van der Waals surface area contributed by atoms with Crippen molar-refractivity contribution in [1.29, 1.82) is 0 Å². The van der Waals surface area contributed by atoms with Gasteiger partial charge in [0.25, 0.3) is 5.79 Å². The molecule has 0 radical (unpaired) electrons. The predicted molar refractivity (Wildman–Crippen MR) is 86.3 cm³/mol. The van der Waals surface area contributed by atoms with Crippen molar-refractivity contribution in [3.63, 3.8) is 0 Å². The number of rotatable bonds is 2. The monoisotopic (exact) mass is 306 g/mol. The molecule has 2 aliphatic rings. The second-order valence-electron chi connectivity index (χ2n) is 5.54. The summed E-state index contributed by atoms with van der Waals surface area (Å²) in [6.45, 7) is 0. The Morgan fingerprint density at radius 2 is 1.91 bits per heavy atom. The van der Waals surface area contributed by atoms with Gasteiger partial charge in [0, 0.05) is 11.6 Å². The fourth-order valence-corrected chi connectivity index (χ4v) is 2.99. The van der Waals surface area contributed by atoms with E-state index in [-0.39, 0.29) is 6.42 Å². The van der Waals surface area contributed by atoms with Gasteiger partial charge in [-0.25, -0.2) is 0 Å². The molecule has 2 aliphatic heterocycles. The van der Waals surface area contributed by atoms with Crippen molar-refractivity contribution in [1.82, 2.24) is 0 Å². The molecule has 0 amide bonds. The van der Waals surface area contributed by atoms with Crippen LogP contribution in [0.4, 0.5) is 0 Å². The summed E-state index contributed by atoms with van der Waals surface area (Å²) in [5, 5.41) is 11.2. The van der Waals surface area contributed by atoms with E-state index in [2.05, 4.69) is 0 Å². The summed E-state index contributed by atoms with van der Waals surface area (Å²) in [5.41, 5.74) is 1.78. The second kappa shape index (κ2) is 5.02. The lowest BCUT2D eigenvalue weighted by Crippen LogP contribution is -2.33. The van der Waals surface area contributed by atoms with Gasteiger partial charge in [-0.15, -0.1) is 0 Å². The minimum absolute atomic E-state index is 0.186. The number of carbonyl (C=O) groups is 1. The zero-order chi connectivity index (χ0) is 15.9. The molecule has 2 aromatic rings. The van der Waals surface area contributed by atoms with E-state index in [9.17, 15) is 4.79 Å². The van der Waals surface area contributed by atoms with Crippen molar-refractivity contribution in [2.75, 3.05) is 0 Å². The molecule has 4 rings (SSSR count).